The van der Waals surface area contributed by atoms with E-state index in [0.717, 1.165) is 12.0 Å². The number of rotatable bonds is 4. The molecule has 0 amide bonds. The largest absolute Gasteiger partial charge is 0.207 e. The van der Waals surface area contributed by atoms with Crippen molar-refractivity contribution in [2.24, 2.45) is 5.92 Å². The zero-order chi connectivity index (χ0) is 10.6. The third-order valence-corrected chi connectivity index (χ3v) is 2.66. The molecule has 1 atom stereocenters. The molecular weight excluding hydrogens is 199 g/mol. The molecule has 1 rings (SSSR count). The summed E-state index contributed by atoms with van der Waals surface area (Å²) in [6.07, 6.45) is 0.935. The third kappa shape index (κ3) is 2.98. The second-order valence-electron chi connectivity index (χ2n) is 4.00. The van der Waals surface area contributed by atoms with E-state index in [-0.39, 0.29) is 11.7 Å². The lowest BCUT2D eigenvalue weighted by Gasteiger charge is -2.17. The van der Waals surface area contributed by atoms with E-state index in [9.17, 15) is 4.39 Å². The molecule has 1 aromatic rings. The van der Waals surface area contributed by atoms with Crippen LogP contribution < -0.4 is 0 Å². The molecule has 0 heterocycles. The third-order valence-electron chi connectivity index (χ3n) is 2.29. The average molecular weight is 215 g/mol. The maximum atomic E-state index is 13.4. The highest BCUT2D eigenvalue weighted by molar-refractivity contribution is 6.18. The maximum absolute atomic E-state index is 13.4. The van der Waals surface area contributed by atoms with Gasteiger partial charge in [0, 0.05) is 11.8 Å². The number of halogens is 2. The molecule has 0 aliphatic rings. The van der Waals surface area contributed by atoms with E-state index in [1.807, 2.05) is 12.1 Å². The molecule has 0 N–H and O–H groups in total. The van der Waals surface area contributed by atoms with Crippen LogP contribution in [0.15, 0.2) is 24.3 Å². The smallest absolute Gasteiger partial charge is 0.126 e. The van der Waals surface area contributed by atoms with Gasteiger partial charge in [-0.15, -0.1) is 11.6 Å². The lowest BCUT2D eigenvalue weighted by Crippen LogP contribution is -2.06. The fourth-order valence-electron chi connectivity index (χ4n) is 1.65. The zero-order valence-electron chi connectivity index (χ0n) is 8.63. The molecule has 1 unspecified atom stereocenters. The van der Waals surface area contributed by atoms with Crippen LogP contribution in [-0.4, -0.2) is 5.88 Å². The molecule has 14 heavy (non-hydrogen) atoms. The van der Waals surface area contributed by atoms with Crippen LogP contribution in [0, 0.1) is 11.7 Å². The summed E-state index contributed by atoms with van der Waals surface area (Å²) in [5.74, 6) is 1.02. The van der Waals surface area contributed by atoms with E-state index < -0.39 is 0 Å². The summed E-state index contributed by atoms with van der Waals surface area (Å²) in [7, 11) is 0. The highest BCUT2D eigenvalue weighted by atomic mass is 35.5. The first-order valence-corrected chi connectivity index (χ1v) is 5.49. The minimum absolute atomic E-state index is 0.137. The lowest BCUT2D eigenvalue weighted by molar-refractivity contribution is 0.504. The molecule has 0 aliphatic heterocycles. The Kier molecular flexibility index (Phi) is 4.40. The van der Waals surface area contributed by atoms with Crippen LogP contribution in [0.3, 0.4) is 0 Å². The Bertz CT molecular complexity index is 283. The predicted octanol–water partition coefficient (Wildman–Crippen LogP) is 4.19. The summed E-state index contributed by atoms with van der Waals surface area (Å²) in [6.45, 7) is 4.25. The van der Waals surface area contributed by atoms with Gasteiger partial charge in [0.1, 0.15) is 5.82 Å². The van der Waals surface area contributed by atoms with Crippen LogP contribution in [0.4, 0.5) is 4.39 Å². The minimum Gasteiger partial charge on any atom is -0.207 e. The fourth-order valence-corrected chi connectivity index (χ4v) is 1.94. The molecule has 0 nitrogen and oxygen atoms in total. The van der Waals surface area contributed by atoms with Crippen LogP contribution in [0.25, 0.3) is 0 Å². The first-order chi connectivity index (χ1) is 6.65. The van der Waals surface area contributed by atoms with Gasteiger partial charge in [0.15, 0.2) is 0 Å². The molecule has 0 aliphatic carbocycles. The molecule has 0 spiro atoms. The molecule has 0 radical (unpaired) electrons. The highest BCUT2D eigenvalue weighted by Gasteiger charge is 2.15. The zero-order valence-corrected chi connectivity index (χ0v) is 9.39. The van der Waals surface area contributed by atoms with Gasteiger partial charge in [0.25, 0.3) is 0 Å². The van der Waals surface area contributed by atoms with Gasteiger partial charge in [-0.25, -0.2) is 4.39 Å². The Balaban J connectivity index is 2.83. The Morgan fingerprint density at radius 2 is 1.93 bits per heavy atom. The van der Waals surface area contributed by atoms with Gasteiger partial charge in [-0.1, -0.05) is 32.0 Å². The van der Waals surface area contributed by atoms with Crippen molar-refractivity contribution in [2.45, 2.75) is 26.2 Å². The van der Waals surface area contributed by atoms with Crippen LogP contribution in [-0.2, 0) is 0 Å². The summed E-state index contributed by atoms with van der Waals surface area (Å²) in [5.41, 5.74) is 0.746. The average Bonchev–Trinajstić information content (AvgIpc) is 2.15. The predicted molar refractivity (Wildman–Crippen MR) is 59.3 cm³/mol. The van der Waals surface area contributed by atoms with Crippen molar-refractivity contribution in [1.29, 1.82) is 0 Å². The van der Waals surface area contributed by atoms with Gasteiger partial charge in [-0.3, -0.25) is 0 Å². The molecule has 0 saturated heterocycles. The maximum Gasteiger partial charge on any atom is 0.126 e. The minimum atomic E-state index is -0.140. The van der Waals surface area contributed by atoms with Gasteiger partial charge in [0.05, 0.1) is 0 Å². The molecule has 0 fully saturated rings. The first kappa shape index (κ1) is 11.5. The number of alkyl halides is 1. The van der Waals surface area contributed by atoms with Gasteiger partial charge in [-0.2, -0.15) is 0 Å². The second kappa shape index (κ2) is 5.35. The van der Waals surface area contributed by atoms with Crippen LogP contribution in [0.2, 0.25) is 0 Å². The van der Waals surface area contributed by atoms with Gasteiger partial charge >= 0.3 is 0 Å². The molecule has 0 aromatic heterocycles. The van der Waals surface area contributed by atoms with E-state index in [4.69, 9.17) is 11.6 Å². The summed E-state index contributed by atoms with van der Waals surface area (Å²) in [4.78, 5) is 0. The number of hydrogen-bond donors (Lipinski definition) is 0. The quantitative estimate of drug-likeness (QED) is 0.660. The van der Waals surface area contributed by atoms with Gasteiger partial charge in [-0.05, 0) is 24.0 Å². The number of benzene rings is 1. The lowest BCUT2D eigenvalue weighted by atomic mass is 9.91. The Hall–Kier alpha value is -0.560. The summed E-state index contributed by atoms with van der Waals surface area (Å²) in [5, 5.41) is 0. The summed E-state index contributed by atoms with van der Waals surface area (Å²) in [6, 6.07) is 6.89. The van der Waals surface area contributed by atoms with E-state index in [1.54, 1.807) is 6.07 Å². The van der Waals surface area contributed by atoms with E-state index in [2.05, 4.69) is 13.8 Å². The van der Waals surface area contributed by atoms with Gasteiger partial charge < -0.3 is 0 Å². The molecule has 0 bridgehead atoms. The van der Waals surface area contributed by atoms with E-state index >= 15 is 0 Å². The summed E-state index contributed by atoms with van der Waals surface area (Å²) >= 11 is 5.85. The fraction of sp³-hybridized carbons (Fsp3) is 0.500. The van der Waals surface area contributed by atoms with Crippen LogP contribution in [0.1, 0.15) is 31.7 Å². The second-order valence-corrected chi connectivity index (χ2v) is 4.31. The standard InChI is InChI=1S/C12H16ClF/c1-9(2)7-10(8-13)11-5-3-4-6-12(11)14/h3-6,9-10H,7-8H2,1-2H3. The van der Waals surface area contributed by atoms with E-state index in [0.29, 0.717) is 11.8 Å². The topological polar surface area (TPSA) is 0 Å². The number of hydrogen-bond acceptors (Lipinski definition) is 0. The normalized spacial score (nSPS) is 13.2. The first-order valence-electron chi connectivity index (χ1n) is 4.95. The summed E-state index contributed by atoms with van der Waals surface area (Å²) < 4.78 is 13.4. The van der Waals surface area contributed by atoms with Crippen molar-refractivity contribution in [3.8, 4) is 0 Å². The van der Waals surface area contributed by atoms with Crippen molar-refractivity contribution in [1.82, 2.24) is 0 Å². The van der Waals surface area contributed by atoms with Crippen molar-refractivity contribution < 1.29 is 4.39 Å². The highest BCUT2D eigenvalue weighted by Crippen LogP contribution is 2.26. The molecular formula is C12H16ClF. The molecule has 78 valence electrons. The van der Waals surface area contributed by atoms with Crippen molar-refractivity contribution in [3.05, 3.63) is 35.6 Å². The van der Waals surface area contributed by atoms with Crippen molar-refractivity contribution in [2.75, 3.05) is 5.88 Å². The Labute approximate surface area is 90.1 Å². The SMILES string of the molecule is CC(C)CC(CCl)c1ccccc1F. The van der Waals surface area contributed by atoms with E-state index in [1.165, 1.54) is 6.07 Å². The molecule has 1 aromatic carbocycles. The van der Waals surface area contributed by atoms with Crippen molar-refractivity contribution in [3.63, 3.8) is 0 Å². The van der Waals surface area contributed by atoms with Gasteiger partial charge in [0.2, 0.25) is 0 Å². The molecule has 2 heteroatoms. The van der Waals surface area contributed by atoms with Crippen molar-refractivity contribution >= 4 is 11.6 Å². The Morgan fingerprint density at radius 3 is 2.43 bits per heavy atom. The Morgan fingerprint density at radius 1 is 1.29 bits per heavy atom. The molecule has 0 saturated carbocycles. The van der Waals surface area contributed by atoms with Crippen LogP contribution in [0.5, 0.6) is 0 Å². The monoisotopic (exact) mass is 214 g/mol. The van der Waals surface area contributed by atoms with Crippen LogP contribution >= 0.6 is 11.6 Å².